The van der Waals surface area contributed by atoms with Crippen molar-refractivity contribution in [1.82, 2.24) is 15.1 Å². The minimum atomic E-state index is 0.434. The van der Waals surface area contributed by atoms with Gasteiger partial charge in [-0.3, -0.25) is 0 Å². The summed E-state index contributed by atoms with van der Waals surface area (Å²) >= 11 is 7.54. The molecule has 3 aromatic rings. The topological polar surface area (TPSA) is 77.8 Å². The van der Waals surface area contributed by atoms with Crippen LogP contribution in [0.1, 0.15) is 5.82 Å². The van der Waals surface area contributed by atoms with Crippen molar-refractivity contribution in [2.75, 3.05) is 5.73 Å². The molecule has 1 aromatic carbocycles. The predicted octanol–water partition coefficient (Wildman–Crippen LogP) is 3.66. The largest absolute Gasteiger partial charge is 0.384 e. The van der Waals surface area contributed by atoms with Gasteiger partial charge in [-0.15, -0.1) is 11.8 Å². The second-order valence-electron chi connectivity index (χ2n) is 4.23. The number of pyridine rings is 1. The second kappa shape index (κ2) is 6.15. The monoisotopic (exact) mass is 318 g/mol. The summed E-state index contributed by atoms with van der Waals surface area (Å²) in [6, 6.07) is 11.1. The van der Waals surface area contributed by atoms with E-state index in [0.29, 0.717) is 28.3 Å². The van der Waals surface area contributed by atoms with E-state index < -0.39 is 0 Å². The van der Waals surface area contributed by atoms with Crippen LogP contribution in [0, 0.1) is 0 Å². The van der Waals surface area contributed by atoms with Gasteiger partial charge in [-0.1, -0.05) is 22.8 Å². The molecule has 5 nitrogen and oxygen atoms in total. The lowest BCUT2D eigenvalue weighted by Crippen LogP contribution is -1.89. The van der Waals surface area contributed by atoms with E-state index in [0.717, 1.165) is 10.5 Å². The summed E-state index contributed by atoms with van der Waals surface area (Å²) in [7, 11) is 0. The Hall–Kier alpha value is -2.05. The Balaban J connectivity index is 1.69. The van der Waals surface area contributed by atoms with Gasteiger partial charge < -0.3 is 10.3 Å². The molecule has 2 heterocycles. The van der Waals surface area contributed by atoms with E-state index in [1.54, 1.807) is 30.1 Å². The Kier molecular flexibility index (Phi) is 4.08. The van der Waals surface area contributed by atoms with E-state index in [9.17, 15) is 0 Å². The number of nitrogens with two attached hydrogens (primary N) is 1. The van der Waals surface area contributed by atoms with Crippen LogP contribution in [0.2, 0.25) is 5.02 Å². The van der Waals surface area contributed by atoms with Gasteiger partial charge in [0.25, 0.3) is 5.89 Å². The van der Waals surface area contributed by atoms with Gasteiger partial charge in [-0.2, -0.15) is 4.98 Å². The lowest BCUT2D eigenvalue weighted by atomic mass is 10.3. The maximum atomic E-state index is 5.94. The summed E-state index contributed by atoms with van der Waals surface area (Å²) in [5.41, 5.74) is 6.29. The molecular weight excluding hydrogens is 308 g/mol. The average molecular weight is 319 g/mol. The summed E-state index contributed by atoms with van der Waals surface area (Å²) in [6.45, 7) is 0. The molecule has 0 aliphatic rings. The highest BCUT2D eigenvalue weighted by molar-refractivity contribution is 7.98. The van der Waals surface area contributed by atoms with Crippen LogP contribution in [0.4, 0.5) is 5.82 Å². The van der Waals surface area contributed by atoms with Crippen LogP contribution in [0.15, 0.2) is 52.0 Å². The zero-order chi connectivity index (χ0) is 14.7. The number of aromatic nitrogens is 3. The average Bonchev–Trinajstić information content (AvgIpc) is 2.95. The second-order valence-corrected chi connectivity index (χ2v) is 5.72. The molecule has 2 aromatic heterocycles. The molecule has 0 fully saturated rings. The molecule has 0 bridgehead atoms. The number of nitrogens with zero attached hydrogens (tertiary/aromatic N) is 3. The highest BCUT2D eigenvalue weighted by Crippen LogP contribution is 2.25. The Bertz CT molecular complexity index is 745. The minimum Gasteiger partial charge on any atom is -0.384 e. The number of halogens is 1. The van der Waals surface area contributed by atoms with Crippen LogP contribution in [-0.4, -0.2) is 15.1 Å². The van der Waals surface area contributed by atoms with Crippen LogP contribution in [0.5, 0.6) is 0 Å². The van der Waals surface area contributed by atoms with Gasteiger partial charge in [-0.25, -0.2) is 4.98 Å². The zero-order valence-corrected chi connectivity index (χ0v) is 12.4. The van der Waals surface area contributed by atoms with Crippen molar-refractivity contribution in [3.63, 3.8) is 0 Å². The number of hydrogen-bond donors (Lipinski definition) is 1. The van der Waals surface area contributed by atoms with Crippen molar-refractivity contribution in [2.45, 2.75) is 10.6 Å². The van der Waals surface area contributed by atoms with Crippen molar-refractivity contribution < 1.29 is 4.52 Å². The molecule has 0 amide bonds. The van der Waals surface area contributed by atoms with Gasteiger partial charge in [0.05, 0.1) is 11.3 Å². The highest BCUT2D eigenvalue weighted by atomic mass is 35.5. The van der Waals surface area contributed by atoms with Gasteiger partial charge >= 0.3 is 0 Å². The molecule has 0 atom stereocenters. The smallest absolute Gasteiger partial charge is 0.259 e. The van der Waals surface area contributed by atoms with E-state index in [4.69, 9.17) is 21.9 Å². The number of thioether (sulfide) groups is 1. The van der Waals surface area contributed by atoms with Crippen LogP contribution in [0.3, 0.4) is 0 Å². The van der Waals surface area contributed by atoms with Gasteiger partial charge in [-0.05, 0) is 30.3 Å². The number of rotatable bonds is 4. The molecule has 0 radical (unpaired) electrons. The molecule has 0 unspecified atom stereocenters. The molecule has 0 aliphatic heterocycles. The lowest BCUT2D eigenvalue weighted by Gasteiger charge is -1.98. The van der Waals surface area contributed by atoms with Gasteiger partial charge in [0.2, 0.25) is 0 Å². The standard InChI is InChI=1S/C14H11ClN4OS/c15-10-2-1-3-11(6-10)21-8-13-18-14(20-19-13)9-4-5-12(16)17-7-9/h1-7H,8H2,(H2,16,17). The van der Waals surface area contributed by atoms with E-state index in [1.165, 1.54) is 0 Å². The first-order valence-electron chi connectivity index (χ1n) is 6.13. The quantitative estimate of drug-likeness (QED) is 0.740. The third-order valence-corrected chi connectivity index (χ3v) is 3.89. The maximum absolute atomic E-state index is 5.94. The normalized spacial score (nSPS) is 10.7. The predicted molar refractivity (Wildman–Crippen MR) is 83.0 cm³/mol. The van der Waals surface area contributed by atoms with Crippen molar-refractivity contribution in [1.29, 1.82) is 0 Å². The summed E-state index contributed by atoms with van der Waals surface area (Å²) < 4.78 is 5.22. The molecule has 0 aliphatic carbocycles. The third kappa shape index (κ3) is 3.53. The Morgan fingerprint density at radius 3 is 2.90 bits per heavy atom. The fraction of sp³-hybridized carbons (Fsp3) is 0.0714. The van der Waals surface area contributed by atoms with Crippen molar-refractivity contribution in [3.8, 4) is 11.5 Å². The summed E-state index contributed by atoms with van der Waals surface area (Å²) in [6.07, 6.45) is 1.61. The van der Waals surface area contributed by atoms with Crippen LogP contribution in [-0.2, 0) is 5.75 Å². The van der Waals surface area contributed by atoms with Crippen LogP contribution >= 0.6 is 23.4 Å². The van der Waals surface area contributed by atoms with Crippen molar-refractivity contribution in [3.05, 3.63) is 53.4 Å². The van der Waals surface area contributed by atoms with Gasteiger partial charge in [0, 0.05) is 16.1 Å². The molecule has 21 heavy (non-hydrogen) atoms. The number of anilines is 1. The molecule has 0 saturated carbocycles. The fourth-order valence-electron chi connectivity index (χ4n) is 1.67. The zero-order valence-electron chi connectivity index (χ0n) is 10.9. The van der Waals surface area contributed by atoms with Crippen LogP contribution < -0.4 is 5.73 Å². The highest BCUT2D eigenvalue weighted by Gasteiger charge is 2.09. The summed E-state index contributed by atoms with van der Waals surface area (Å²) in [5, 5.41) is 4.66. The molecular formula is C14H11ClN4OS. The van der Waals surface area contributed by atoms with Crippen molar-refractivity contribution >= 4 is 29.2 Å². The minimum absolute atomic E-state index is 0.434. The van der Waals surface area contributed by atoms with E-state index in [2.05, 4.69) is 15.1 Å². The number of nitrogen functional groups attached to an aromatic ring is 1. The van der Waals surface area contributed by atoms with E-state index in [1.807, 2.05) is 24.3 Å². The first-order valence-corrected chi connectivity index (χ1v) is 7.50. The lowest BCUT2D eigenvalue weighted by molar-refractivity contribution is 0.425. The van der Waals surface area contributed by atoms with Gasteiger partial charge in [0.1, 0.15) is 5.82 Å². The molecule has 0 saturated heterocycles. The number of hydrogen-bond acceptors (Lipinski definition) is 6. The Labute approximate surface area is 130 Å². The summed E-state index contributed by atoms with van der Waals surface area (Å²) in [4.78, 5) is 9.39. The summed E-state index contributed by atoms with van der Waals surface area (Å²) in [5.74, 6) is 2.11. The SMILES string of the molecule is Nc1ccc(-c2nc(CSc3cccc(Cl)c3)no2)cn1. The molecule has 3 rings (SSSR count). The Morgan fingerprint density at radius 1 is 1.24 bits per heavy atom. The van der Waals surface area contributed by atoms with E-state index >= 15 is 0 Å². The first kappa shape index (κ1) is 13.9. The fourth-order valence-corrected chi connectivity index (χ4v) is 2.72. The van der Waals surface area contributed by atoms with E-state index in [-0.39, 0.29) is 0 Å². The van der Waals surface area contributed by atoms with Gasteiger partial charge in [0.15, 0.2) is 5.82 Å². The third-order valence-electron chi connectivity index (χ3n) is 2.67. The molecule has 7 heteroatoms. The maximum Gasteiger partial charge on any atom is 0.259 e. The molecule has 106 valence electrons. The Morgan fingerprint density at radius 2 is 2.14 bits per heavy atom. The molecule has 2 N–H and O–H groups in total. The number of benzene rings is 1. The molecule has 0 spiro atoms. The van der Waals surface area contributed by atoms with Crippen LogP contribution in [0.25, 0.3) is 11.5 Å². The van der Waals surface area contributed by atoms with Crippen molar-refractivity contribution in [2.24, 2.45) is 0 Å². The first-order chi connectivity index (χ1) is 10.2.